The highest BCUT2D eigenvalue weighted by Gasteiger charge is 2.26. The maximum absolute atomic E-state index is 14.0. The Bertz CT molecular complexity index is 424. The van der Waals surface area contributed by atoms with Gasteiger partial charge in [-0.1, -0.05) is 0 Å². The van der Waals surface area contributed by atoms with Crippen molar-refractivity contribution in [3.63, 3.8) is 0 Å². The number of hydrogen-bond acceptors (Lipinski definition) is 3. The van der Waals surface area contributed by atoms with Gasteiger partial charge in [0.05, 0.1) is 0 Å². The van der Waals surface area contributed by atoms with Crippen molar-refractivity contribution in [1.29, 1.82) is 0 Å². The third-order valence-corrected chi connectivity index (χ3v) is 2.78. The van der Waals surface area contributed by atoms with E-state index in [0.29, 0.717) is 23.5 Å². The first kappa shape index (κ1) is 12.2. The second kappa shape index (κ2) is 4.18. The van der Waals surface area contributed by atoms with Crippen LogP contribution in [0.4, 0.5) is 4.39 Å². The highest BCUT2D eigenvalue weighted by atomic mass is 19.1. The molecule has 94 valence electrons. The lowest BCUT2D eigenvalue weighted by Crippen LogP contribution is -2.19. The Morgan fingerprint density at radius 1 is 1.41 bits per heavy atom. The van der Waals surface area contributed by atoms with Crippen molar-refractivity contribution in [3.05, 3.63) is 23.3 Å². The summed E-state index contributed by atoms with van der Waals surface area (Å²) in [6.45, 7) is 5.16. The van der Waals surface area contributed by atoms with Crippen LogP contribution in [0.1, 0.15) is 31.9 Å². The number of ether oxygens (including phenoxy) is 2. The summed E-state index contributed by atoms with van der Waals surface area (Å²) in [6, 6.07) is 3.52. The molecular formula is C13H18FNO2. The van der Waals surface area contributed by atoms with Crippen LogP contribution in [0, 0.1) is 0 Å². The van der Waals surface area contributed by atoms with E-state index in [1.807, 2.05) is 13.0 Å². The molecule has 1 aliphatic rings. The Hall–Kier alpha value is -1.29. The van der Waals surface area contributed by atoms with Crippen LogP contribution in [-0.2, 0) is 12.1 Å². The standard InChI is InChI=1S/C13H18FNO2/c1-8(15)4-9-5-10(13(2,3)14)6-11-12(9)17-7-16-11/h5-6,8H,4,7,15H2,1-3H3. The summed E-state index contributed by atoms with van der Waals surface area (Å²) in [6.07, 6.45) is 0.648. The maximum atomic E-state index is 14.0. The summed E-state index contributed by atoms with van der Waals surface area (Å²) in [4.78, 5) is 0. The molecular weight excluding hydrogens is 221 g/mol. The van der Waals surface area contributed by atoms with E-state index in [1.165, 1.54) is 13.8 Å². The summed E-state index contributed by atoms with van der Waals surface area (Å²) in [5, 5.41) is 0. The van der Waals surface area contributed by atoms with Crippen LogP contribution in [0.25, 0.3) is 0 Å². The molecule has 1 unspecified atom stereocenters. The van der Waals surface area contributed by atoms with Crippen LogP contribution in [0.5, 0.6) is 11.5 Å². The predicted octanol–water partition coefficient (Wildman–Crippen LogP) is 2.51. The predicted molar refractivity (Wildman–Crippen MR) is 64.1 cm³/mol. The molecule has 0 aromatic heterocycles. The van der Waals surface area contributed by atoms with Gasteiger partial charge < -0.3 is 15.2 Å². The van der Waals surface area contributed by atoms with Crippen LogP contribution in [-0.4, -0.2) is 12.8 Å². The van der Waals surface area contributed by atoms with Gasteiger partial charge in [0.2, 0.25) is 6.79 Å². The average Bonchev–Trinajstić information content (AvgIpc) is 2.62. The van der Waals surface area contributed by atoms with Gasteiger partial charge in [0, 0.05) is 11.6 Å². The fourth-order valence-electron chi connectivity index (χ4n) is 1.92. The highest BCUT2D eigenvalue weighted by Crippen LogP contribution is 2.40. The zero-order valence-corrected chi connectivity index (χ0v) is 10.4. The van der Waals surface area contributed by atoms with Crippen LogP contribution in [0.15, 0.2) is 12.1 Å². The second-order valence-corrected chi connectivity index (χ2v) is 5.02. The van der Waals surface area contributed by atoms with Crippen molar-refractivity contribution in [2.45, 2.75) is 38.9 Å². The molecule has 0 aliphatic carbocycles. The number of nitrogens with two attached hydrogens (primary N) is 1. The number of benzene rings is 1. The van der Waals surface area contributed by atoms with Gasteiger partial charge in [-0.15, -0.1) is 0 Å². The largest absolute Gasteiger partial charge is 0.454 e. The van der Waals surface area contributed by atoms with Crippen LogP contribution in [0.2, 0.25) is 0 Å². The zero-order valence-electron chi connectivity index (χ0n) is 10.4. The normalized spacial score (nSPS) is 16.1. The molecule has 17 heavy (non-hydrogen) atoms. The maximum Gasteiger partial charge on any atom is 0.231 e. The molecule has 2 rings (SSSR count). The molecule has 1 aliphatic heterocycles. The van der Waals surface area contributed by atoms with E-state index in [2.05, 4.69) is 0 Å². The minimum atomic E-state index is -1.40. The number of hydrogen-bond donors (Lipinski definition) is 1. The zero-order chi connectivity index (χ0) is 12.6. The summed E-state index contributed by atoms with van der Waals surface area (Å²) >= 11 is 0. The number of halogens is 1. The monoisotopic (exact) mass is 239 g/mol. The Kier molecular flexibility index (Phi) is 3.00. The fraction of sp³-hybridized carbons (Fsp3) is 0.538. The van der Waals surface area contributed by atoms with Gasteiger partial charge in [-0.05, 0) is 44.9 Å². The van der Waals surface area contributed by atoms with Gasteiger partial charge in [-0.2, -0.15) is 0 Å². The molecule has 1 aromatic rings. The first-order valence-electron chi connectivity index (χ1n) is 5.75. The molecule has 4 heteroatoms. The molecule has 0 fully saturated rings. The molecule has 1 aromatic carbocycles. The van der Waals surface area contributed by atoms with Gasteiger partial charge >= 0.3 is 0 Å². The summed E-state index contributed by atoms with van der Waals surface area (Å²) in [7, 11) is 0. The van der Waals surface area contributed by atoms with Crippen molar-refractivity contribution in [2.24, 2.45) is 5.73 Å². The summed E-state index contributed by atoms with van der Waals surface area (Å²) < 4.78 is 24.7. The van der Waals surface area contributed by atoms with E-state index in [4.69, 9.17) is 15.2 Å². The third kappa shape index (κ3) is 2.52. The molecule has 0 saturated carbocycles. The second-order valence-electron chi connectivity index (χ2n) is 5.02. The highest BCUT2D eigenvalue weighted by molar-refractivity contribution is 5.52. The van der Waals surface area contributed by atoms with Gasteiger partial charge in [0.15, 0.2) is 11.5 Å². The number of fused-ring (bicyclic) bond motifs is 1. The molecule has 1 atom stereocenters. The van der Waals surface area contributed by atoms with Crippen LogP contribution in [0.3, 0.4) is 0 Å². The molecule has 2 N–H and O–H groups in total. The lowest BCUT2D eigenvalue weighted by Gasteiger charge is -2.18. The first-order chi connectivity index (χ1) is 7.88. The van der Waals surface area contributed by atoms with Crippen molar-refractivity contribution in [2.75, 3.05) is 6.79 Å². The van der Waals surface area contributed by atoms with E-state index >= 15 is 0 Å². The van der Waals surface area contributed by atoms with E-state index in [9.17, 15) is 4.39 Å². The van der Waals surface area contributed by atoms with Crippen molar-refractivity contribution in [3.8, 4) is 11.5 Å². The minimum absolute atomic E-state index is 0.00118. The van der Waals surface area contributed by atoms with Crippen molar-refractivity contribution >= 4 is 0 Å². The van der Waals surface area contributed by atoms with E-state index < -0.39 is 5.67 Å². The van der Waals surface area contributed by atoms with E-state index in [-0.39, 0.29) is 12.8 Å². The molecule has 3 nitrogen and oxygen atoms in total. The quantitative estimate of drug-likeness (QED) is 0.881. The lowest BCUT2D eigenvalue weighted by molar-refractivity contribution is 0.172. The van der Waals surface area contributed by atoms with E-state index in [0.717, 1.165) is 5.56 Å². The topological polar surface area (TPSA) is 44.5 Å². The molecule has 0 amide bonds. The van der Waals surface area contributed by atoms with Crippen LogP contribution >= 0.6 is 0 Å². The molecule has 0 bridgehead atoms. The number of alkyl halides is 1. The van der Waals surface area contributed by atoms with Crippen molar-refractivity contribution in [1.82, 2.24) is 0 Å². The minimum Gasteiger partial charge on any atom is -0.454 e. The van der Waals surface area contributed by atoms with Gasteiger partial charge in [-0.3, -0.25) is 0 Å². The third-order valence-electron chi connectivity index (χ3n) is 2.78. The Morgan fingerprint density at radius 3 is 2.71 bits per heavy atom. The molecule has 0 saturated heterocycles. The summed E-state index contributed by atoms with van der Waals surface area (Å²) in [5.41, 5.74) is 5.90. The molecule has 0 spiro atoms. The summed E-state index contributed by atoms with van der Waals surface area (Å²) in [5.74, 6) is 1.32. The van der Waals surface area contributed by atoms with Crippen LogP contribution < -0.4 is 15.2 Å². The average molecular weight is 239 g/mol. The fourth-order valence-corrected chi connectivity index (χ4v) is 1.92. The SMILES string of the molecule is CC(N)Cc1cc(C(C)(C)F)cc2c1OCO2. The Morgan fingerprint density at radius 2 is 2.12 bits per heavy atom. The van der Waals surface area contributed by atoms with Gasteiger partial charge in [-0.25, -0.2) is 4.39 Å². The van der Waals surface area contributed by atoms with Gasteiger partial charge in [0.25, 0.3) is 0 Å². The molecule has 0 radical (unpaired) electrons. The van der Waals surface area contributed by atoms with E-state index in [1.54, 1.807) is 6.07 Å². The first-order valence-corrected chi connectivity index (χ1v) is 5.75. The Labute approximate surface area is 101 Å². The number of rotatable bonds is 3. The molecule has 1 heterocycles. The lowest BCUT2D eigenvalue weighted by atomic mass is 9.95. The van der Waals surface area contributed by atoms with Crippen molar-refractivity contribution < 1.29 is 13.9 Å². The smallest absolute Gasteiger partial charge is 0.231 e. The Balaban J connectivity index is 2.46. The van der Waals surface area contributed by atoms with Gasteiger partial charge in [0.1, 0.15) is 5.67 Å².